The summed E-state index contributed by atoms with van der Waals surface area (Å²) < 4.78 is 10.9. The van der Waals surface area contributed by atoms with Crippen molar-refractivity contribution in [1.29, 1.82) is 0 Å². The molecule has 1 aliphatic rings. The number of anilines is 2. The zero-order valence-electron chi connectivity index (χ0n) is 13.6. The number of esters is 1. The van der Waals surface area contributed by atoms with Crippen LogP contribution in [0.5, 0.6) is 5.75 Å². The minimum atomic E-state index is -0.399. The van der Waals surface area contributed by atoms with Crippen LogP contribution in [0.25, 0.3) is 0 Å². The van der Waals surface area contributed by atoms with Gasteiger partial charge in [-0.05, 0) is 43.9 Å². The van der Waals surface area contributed by atoms with E-state index in [-0.39, 0.29) is 24.4 Å². The molecule has 0 bridgehead atoms. The van der Waals surface area contributed by atoms with Gasteiger partial charge in [-0.15, -0.1) is 11.3 Å². The van der Waals surface area contributed by atoms with Crippen molar-refractivity contribution in [3.8, 4) is 5.75 Å². The molecule has 1 aromatic heterocycles. The molecule has 0 saturated heterocycles. The molecule has 3 N–H and O–H groups in total. The van der Waals surface area contributed by atoms with E-state index in [1.54, 1.807) is 23.7 Å². The van der Waals surface area contributed by atoms with Gasteiger partial charge in [0, 0.05) is 11.6 Å². The van der Waals surface area contributed by atoms with Gasteiger partial charge in [-0.3, -0.25) is 10.1 Å². The molecule has 132 valence electrons. The summed E-state index contributed by atoms with van der Waals surface area (Å²) in [6.07, 6.45) is 5.56. The number of nitrogens with two attached hydrogens (primary N) is 1. The average Bonchev–Trinajstić information content (AvgIpc) is 3.28. The Hall–Kier alpha value is -2.61. The summed E-state index contributed by atoms with van der Waals surface area (Å²) in [5.74, 6) is -0.479. The molecule has 0 aliphatic heterocycles. The van der Waals surface area contributed by atoms with E-state index in [9.17, 15) is 9.59 Å². The topological polar surface area (TPSA) is 104 Å². The molecular weight excluding hydrogens is 342 g/mol. The Kier molecular flexibility index (Phi) is 5.49. The molecule has 0 unspecified atom stereocenters. The van der Waals surface area contributed by atoms with Crippen molar-refractivity contribution in [3.63, 3.8) is 0 Å². The summed E-state index contributed by atoms with van der Waals surface area (Å²) >= 11 is 1.31. The van der Waals surface area contributed by atoms with Crippen LogP contribution in [0.1, 0.15) is 36.0 Å². The Morgan fingerprint density at radius 1 is 1.32 bits per heavy atom. The van der Waals surface area contributed by atoms with Crippen molar-refractivity contribution in [2.75, 3.05) is 17.7 Å². The van der Waals surface area contributed by atoms with Crippen LogP contribution in [0, 0.1) is 0 Å². The summed E-state index contributed by atoms with van der Waals surface area (Å²) in [5.41, 5.74) is 6.56. The van der Waals surface area contributed by atoms with Crippen molar-refractivity contribution in [1.82, 2.24) is 4.98 Å². The number of nitrogens with one attached hydrogen (secondary N) is 1. The van der Waals surface area contributed by atoms with Crippen LogP contribution in [0.2, 0.25) is 0 Å². The van der Waals surface area contributed by atoms with E-state index in [0.717, 1.165) is 25.7 Å². The number of ether oxygens (including phenoxy) is 2. The highest BCUT2D eigenvalue weighted by atomic mass is 32.1. The van der Waals surface area contributed by atoms with Gasteiger partial charge < -0.3 is 15.2 Å². The van der Waals surface area contributed by atoms with E-state index in [0.29, 0.717) is 16.4 Å². The van der Waals surface area contributed by atoms with Gasteiger partial charge in [0.05, 0.1) is 11.3 Å². The second-order valence-corrected chi connectivity index (χ2v) is 6.63. The number of rotatable bonds is 6. The van der Waals surface area contributed by atoms with Gasteiger partial charge in [0.15, 0.2) is 11.7 Å². The molecule has 2 aromatic rings. The fourth-order valence-corrected chi connectivity index (χ4v) is 3.14. The quantitative estimate of drug-likeness (QED) is 0.606. The first-order valence-corrected chi connectivity index (χ1v) is 8.92. The fraction of sp³-hybridized carbons (Fsp3) is 0.353. The molecule has 0 radical (unpaired) electrons. The van der Waals surface area contributed by atoms with Gasteiger partial charge in [0.25, 0.3) is 5.91 Å². The van der Waals surface area contributed by atoms with Crippen LogP contribution >= 0.6 is 11.3 Å². The SMILES string of the molecule is Nc1ccc(C(=O)OC2CCCC2)cc1OCC(=O)Nc1nccs1. The zero-order chi connectivity index (χ0) is 17.6. The fourth-order valence-electron chi connectivity index (χ4n) is 2.60. The molecule has 1 amide bonds. The van der Waals surface area contributed by atoms with Crippen molar-refractivity contribution in [2.45, 2.75) is 31.8 Å². The molecule has 0 spiro atoms. The highest BCUT2D eigenvalue weighted by Gasteiger charge is 2.21. The van der Waals surface area contributed by atoms with E-state index in [4.69, 9.17) is 15.2 Å². The number of carbonyl (C=O) groups is 2. The first-order valence-electron chi connectivity index (χ1n) is 8.04. The Morgan fingerprint density at radius 2 is 2.12 bits per heavy atom. The van der Waals surface area contributed by atoms with Crippen molar-refractivity contribution < 1.29 is 19.1 Å². The summed E-state index contributed by atoms with van der Waals surface area (Å²) in [5, 5.41) is 4.86. The largest absolute Gasteiger partial charge is 0.482 e. The Bertz CT molecular complexity index is 742. The number of aromatic nitrogens is 1. The first kappa shape index (κ1) is 17.2. The third-order valence-corrected chi connectivity index (χ3v) is 4.55. The number of carbonyl (C=O) groups excluding carboxylic acids is 2. The summed E-state index contributed by atoms with van der Waals surface area (Å²) in [6.45, 7) is -0.231. The molecule has 1 fully saturated rings. The smallest absolute Gasteiger partial charge is 0.338 e. The molecule has 7 nitrogen and oxygen atoms in total. The number of amides is 1. The molecule has 1 aromatic carbocycles. The van der Waals surface area contributed by atoms with Gasteiger partial charge in [-0.25, -0.2) is 9.78 Å². The van der Waals surface area contributed by atoms with Gasteiger partial charge >= 0.3 is 5.97 Å². The molecule has 0 atom stereocenters. The standard InChI is InChI=1S/C17H19N3O4S/c18-13-6-5-11(16(22)24-12-3-1-2-4-12)9-14(13)23-10-15(21)20-17-19-7-8-25-17/h5-9,12H,1-4,10,18H2,(H,19,20,21). The van der Waals surface area contributed by atoms with Crippen LogP contribution in [-0.4, -0.2) is 29.6 Å². The first-order chi connectivity index (χ1) is 12.1. The van der Waals surface area contributed by atoms with Crippen LogP contribution in [0.3, 0.4) is 0 Å². The van der Waals surface area contributed by atoms with Gasteiger partial charge in [-0.2, -0.15) is 0 Å². The number of nitrogen functional groups attached to an aromatic ring is 1. The third-order valence-electron chi connectivity index (χ3n) is 3.86. The Balaban J connectivity index is 1.58. The summed E-state index contributed by atoms with van der Waals surface area (Å²) in [6, 6.07) is 4.66. The maximum absolute atomic E-state index is 12.2. The maximum atomic E-state index is 12.2. The third kappa shape index (κ3) is 4.69. The number of hydrogen-bond donors (Lipinski definition) is 2. The van der Waals surface area contributed by atoms with Crippen molar-refractivity contribution >= 4 is 34.0 Å². The normalized spacial score (nSPS) is 14.2. The number of benzene rings is 1. The van der Waals surface area contributed by atoms with E-state index >= 15 is 0 Å². The van der Waals surface area contributed by atoms with Crippen molar-refractivity contribution in [2.24, 2.45) is 0 Å². The van der Waals surface area contributed by atoms with Gasteiger partial charge in [0.2, 0.25) is 0 Å². The zero-order valence-corrected chi connectivity index (χ0v) is 14.4. The summed E-state index contributed by atoms with van der Waals surface area (Å²) in [4.78, 5) is 28.0. The molecule has 1 saturated carbocycles. The number of nitrogens with zero attached hydrogens (tertiary/aromatic N) is 1. The highest BCUT2D eigenvalue weighted by Crippen LogP contribution is 2.26. The van der Waals surface area contributed by atoms with E-state index in [1.165, 1.54) is 17.4 Å². The Morgan fingerprint density at radius 3 is 2.84 bits per heavy atom. The molecule has 1 aliphatic carbocycles. The lowest BCUT2D eigenvalue weighted by molar-refractivity contribution is -0.118. The maximum Gasteiger partial charge on any atom is 0.338 e. The molecule has 8 heteroatoms. The van der Waals surface area contributed by atoms with Crippen molar-refractivity contribution in [3.05, 3.63) is 35.3 Å². The molecule has 1 heterocycles. The van der Waals surface area contributed by atoms with Gasteiger partial charge in [-0.1, -0.05) is 0 Å². The monoisotopic (exact) mass is 361 g/mol. The Labute approximate surface area is 149 Å². The minimum Gasteiger partial charge on any atom is -0.482 e. The van der Waals surface area contributed by atoms with E-state index < -0.39 is 5.97 Å². The molecule has 25 heavy (non-hydrogen) atoms. The minimum absolute atomic E-state index is 0.0153. The van der Waals surface area contributed by atoms with Crippen LogP contribution < -0.4 is 15.8 Å². The lowest BCUT2D eigenvalue weighted by Crippen LogP contribution is -2.20. The number of hydrogen-bond acceptors (Lipinski definition) is 7. The lowest BCUT2D eigenvalue weighted by atomic mass is 10.2. The summed E-state index contributed by atoms with van der Waals surface area (Å²) in [7, 11) is 0. The van der Waals surface area contributed by atoms with E-state index in [1.807, 2.05) is 0 Å². The van der Waals surface area contributed by atoms with Crippen LogP contribution in [0.4, 0.5) is 10.8 Å². The van der Waals surface area contributed by atoms with E-state index in [2.05, 4.69) is 10.3 Å². The van der Waals surface area contributed by atoms with Gasteiger partial charge in [0.1, 0.15) is 11.9 Å². The second kappa shape index (κ2) is 7.98. The molecular formula is C17H19N3O4S. The lowest BCUT2D eigenvalue weighted by Gasteiger charge is -2.13. The van der Waals surface area contributed by atoms with Crippen LogP contribution in [-0.2, 0) is 9.53 Å². The number of thiazole rings is 1. The average molecular weight is 361 g/mol. The highest BCUT2D eigenvalue weighted by molar-refractivity contribution is 7.13. The molecule has 3 rings (SSSR count). The predicted molar refractivity (Wildman–Crippen MR) is 94.8 cm³/mol. The van der Waals surface area contributed by atoms with Crippen LogP contribution in [0.15, 0.2) is 29.8 Å². The predicted octanol–water partition coefficient (Wildman–Crippen LogP) is 2.84. The second-order valence-electron chi connectivity index (χ2n) is 5.74.